The number of hydrogen-bond donors (Lipinski definition) is 3. The number of nitrogens with one attached hydrogen (secondary N) is 1. The van der Waals surface area contributed by atoms with E-state index >= 15 is 0 Å². The highest BCUT2D eigenvalue weighted by Crippen LogP contribution is 2.50. The molecule has 174 valence electrons. The van der Waals surface area contributed by atoms with E-state index in [0.717, 1.165) is 16.1 Å². The first kappa shape index (κ1) is 23.1. The summed E-state index contributed by atoms with van der Waals surface area (Å²) in [5, 5.41) is 24.7. The van der Waals surface area contributed by atoms with E-state index in [1.807, 2.05) is 32.9 Å². The van der Waals surface area contributed by atoms with Crippen molar-refractivity contribution in [1.82, 2.24) is 15.0 Å². The quantitative estimate of drug-likeness (QED) is 0.474. The van der Waals surface area contributed by atoms with Gasteiger partial charge < -0.3 is 20.3 Å². The van der Waals surface area contributed by atoms with Crippen LogP contribution in [0.2, 0.25) is 0 Å². The fourth-order valence-corrected chi connectivity index (χ4v) is 5.57. The predicted octanol–water partition coefficient (Wildman–Crippen LogP) is 4.76. The second-order valence-corrected chi connectivity index (χ2v) is 10.3. The number of aliphatic carboxylic acids is 1. The molecule has 3 heterocycles. The van der Waals surface area contributed by atoms with Crippen molar-refractivity contribution >= 4 is 28.9 Å². The Morgan fingerprint density at radius 1 is 1.24 bits per heavy atom. The van der Waals surface area contributed by atoms with Crippen LogP contribution in [0.5, 0.6) is 5.75 Å². The van der Waals surface area contributed by atoms with Crippen LogP contribution in [-0.2, 0) is 10.4 Å². The van der Waals surface area contributed by atoms with Crippen LogP contribution in [0.3, 0.4) is 0 Å². The van der Waals surface area contributed by atoms with Gasteiger partial charge in [-0.2, -0.15) is 0 Å². The van der Waals surface area contributed by atoms with Crippen LogP contribution in [0.1, 0.15) is 43.7 Å². The Bertz CT molecular complexity index is 1180. The zero-order valence-electron chi connectivity index (χ0n) is 19.1. The van der Waals surface area contributed by atoms with Crippen LogP contribution in [0.4, 0.5) is 11.6 Å². The molecule has 3 aromatic heterocycles. The normalized spacial score (nSPS) is 22.0. The molecule has 0 aromatic carbocycles. The monoisotopic (exact) mass is 468 g/mol. The summed E-state index contributed by atoms with van der Waals surface area (Å²) in [6, 6.07) is 7.46. The molecule has 2 atom stereocenters. The molecule has 1 aliphatic carbocycles. The molecule has 0 aliphatic heterocycles. The number of nitrogens with zero attached hydrogens (tertiary/aromatic N) is 3. The predicted molar refractivity (Wildman–Crippen MR) is 127 cm³/mol. The van der Waals surface area contributed by atoms with Gasteiger partial charge in [-0.15, -0.1) is 11.3 Å². The zero-order chi connectivity index (χ0) is 23.8. The Morgan fingerprint density at radius 3 is 2.73 bits per heavy atom. The van der Waals surface area contributed by atoms with Gasteiger partial charge in [-0.05, 0) is 55.4 Å². The van der Waals surface area contributed by atoms with Crippen LogP contribution in [-0.4, -0.2) is 38.2 Å². The summed E-state index contributed by atoms with van der Waals surface area (Å²) in [5.74, 6) is 0.671. The third-order valence-corrected chi connectivity index (χ3v) is 7.40. The standard InChI is InChI=1S/C24H28N4O4S/c1-14-9-17(27-20(10-14)28-19-11-15(32-4)6-8-25-19)18-12-26-22(33-18)24(31)7-5-16(21(29)30)23(2,3)13-24/h6,8-12,16,31H,5,7,13H2,1-4H3,(H,29,30)(H,25,27,28)/t16-,24-/m1/s1. The van der Waals surface area contributed by atoms with Crippen molar-refractivity contribution in [2.75, 3.05) is 12.4 Å². The Balaban J connectivity index is 1.59. The number of rotatable bonds is 6. The molecule has 0 spiro atoms. The van der Waals surface area contributed by atoms with Gasteiger partial charge in [0, 0.05) is 18.5 Å². The second kappa shape index (κ2) is 8.72. The van der Waals surface area contributed by atoms with Crippen LogP contribution in [0.15, 0.2) is 36.7 Å². The SMILES string of the molecule is COc1ccnc(Nc2cc(C)cc(-c3cnc([C@@]4(O)CC[C@H](C(=O)O)C(C)(C)C4)s3)n2)c1. The summed E-state index contributed by atoms with van der Waals surface area (Å²) in [7, 11) is 1.60. The molecular weight excluding hydrogens is 440 g/mol. The van der Waals surface area contributed by atoms with Crippen molar-refractivity contribution in [3.05, 3.63) is 47.2 Å². The van der Waals surface area contributed by atoms with Crippen molar-refractivity contribution in [2.45, 2.75) is 45.6 Å². The summed E-state index contributed by atoms with van der Waals surface area (Å²) in [4.78, 5) is 26.0. The molecule has 0 amide bonds. The van der Waals surface area contributed by atoms with Gasteiger partial charge in [-0.3, -0.25) is 4.79 Å². The van der Waals surface area contributed by atoms with Crippen LogP contribution < -0.4 is 10.1 Å². The van der Waals surface area contributed by atoms with E-state index in [4.69, 9.17) is 9.72 Å². The third kappa shape index (κ3) is 4.84. The average molecular weight is 469 g/mol. The lowest BCUT2D eigenvalue weighted by Gasteiger charge is -2.44. The maximum atomic E-state index is 11.6. The average Bonchev–Trinajstić information content (AvgIpc) is 3.24. The van der Waals surface area contributed by atoms with Gasteiger partial charge in [-0.25, -0.2) is 15.0 Å². The fourth-order valence-electron chi connectivity index (χ4n) is 4.58. The summed E-state index contributed by atoms with van der Waals surface area (Å²) in [5.41, 5.74) is 0.0781. The minimum absolute atomic E-state index is 0.347. The van der Waals surface area contributed by atoms with Gasteiger partial charge in [-0.1, -0.05) is 13.8 Å². The number of ether oxygens (including phenoxy) is 1. The molecular formula is C24H28N4O4S. The zero-order valence-corrected chi connectivity index (χ0v) is 19.9. The number of carboxylic acid groups (broad SMARTS) is 1. The first-order chi connectivity index (χ1) is 15.6. The third-order valence-electron chi connectivity index (χ3n) is 6.19. The highest BCUT2D eigenvalue weighted by atomic mass is 32.1. The molecule has 0 radical (unpaired) electrons. The highest BCUT2D eigenvalue weighted by molar-refractivity contribution is 7.15. The number of aliphatic hydroxyl groups is 1. The van der Waals surface area contributed by atoms with E-state index in [0.29, 0.717) is 41.7 Å². The van der Waals surface area contributed by atoms with E-state index in [-0.39, 0.29) is 0 Å². The Labute approximate surface area is 196 Å². The Hall–Kier alpha value is -3.04. The van der Waals surface area contributed by atoms with Crippen molar-refractivity contribution in [3.63, 3.8) is 0 Å². The van der Waals surface area contributed by atoms with E-state index in [1.165, 1.54) is 11.3 Å². The smallest absolute Gasteiger partial charge is 0.307 e. The Morgan fingerprint density at radius 2 is 2.03 bits per heavy atom. The summed E-state index contributed by atoms with van der Waals surface area (Å²) in [6.45, 7) is 5.79. The lowest BCUT2D eigenvalue weighted by molar-refractivity contribution is -0.154. The van der Waals surface area contributed by atoms with E-state index in [2.05, 4.69) is 15.3 Å². The fraction of sp³-hybridized carbons (Fsp3) is 0.417. The van der Waals surface area contributed by atoms with Gasteiger partial charge in [0.2, 0.25) is 0 Å². The minimum atomic E-state index is -1.15. The van der Waals surface area contributed by atoms with E-state index in [1.54, 1.807) is 31.6 Å². The molecule has 4 rings (SSSR count). The number of thiazole rings is 1. The van der Waals surface area contributed by atoms with Crippen molar-refractivity contribution in [1.29, 1.82) is 0 Å². The van der Waals surface area contributed by atoms with Crippen molar-refractivity contribution < 1.29 is 19.7 Å². The molecule has 8 nitrogen and oxygen atoms in total. The first-order valence-electron chi connectivity index (χ1n) is 10.8. The molecule has 9 heteroatoms. The van der Waals surface area contributed by atoms with E-state index < -0.39 is 22.9 Å². The molecule has 0 bridgehead atoms. The number of aromatic nitrogens is 3. The number of anilines is 2. The van der Waals surface area contributed by atoms with Crippen molar-refractivity contribution in [2.24, 2.45) is 11.3 Å². The number of hydrogen-bond acceptors (Lipinski definition) is 8. The van der Waals surface area contributed by atoms with Crippen LogP contribution in [0, 0.1) is 18.3 Å². The highest BCUT2D eigenvalue weighted by Gasteiger charge is 2.49. The topological polar surface area (TPSA) is 117 Å². The van der Waals surface area contributed by atoms with Gasteiger partial charge >= 0.3 is 5.97 Å². The number of carbonyl (C=O) groups is 1. The molecule has 0 saturated heterocycles. The van der Waals surface area contributed by atoms with Crippen LogP contribution in [0.25, 0.3) is 10.6 Å². The molecule has 0 unspecified atom stereocenters. The number of aryl methyl sites for hydroxylation is 1. The number of pyridine rings is 2. The number of methoxy groups -OCH3 is 1. The number of carboxylic acids is 1. The summed E-state index contributed by atoms with van der Waals surface area (Å²) in [6.07, 6.45) is 4.52. The molecule has 1 fully saturated rings. The van der Waals surface area contributed by atoms with Gasteiger partial charge in [0.05, 0.1) is 23.6 Å². The molecule has 1 saturated carbocycles. The van der Waals surface area contributed by atoms with Gasteiger partial charge in [0.25, 0.3) is 0 Å². The summed E-state index contributed by atoms with van der Waals surface area (Å²) < 4.78 is 5.25. The minimum Gasteiger partial charge on any atom is -0.497 e. The first-order valence-corrected chi connectivity index (χ1v) is 11.6. The lowest BCUT2D eigenvalue weighted by atomic mass is 9.63. The maximum absolute atomic E-state index is 11.6. The maximum Gasteiger partial charge on any atom is 0.307 e. The van der Waals surface area contributed by atoms with E-state index in [9.17, 15) is 15.0 Å². The Kier molecular flexibility index (Phi) is 6.11. The molecule has 3 aromatic rings. The second-order valence-electron chi connectivity index (χ2n) is 9.28. The molecule has 33 heavy (non-hydrogen) atoms. The van der Waals surface area contributed by atoms with Crippen LogP contribution >= 0.6 is 11.3 Å². The lowest BCUT2D eigenvalue weighted by Crippen LogP contribution is -2.44. The largest absolute Gasteiger partial charge is 0.497 e. The van der Waals surface area contributed by atoms with Gasteiger partial charge in [0.1, 0.15) is 28.0 Å². The van der Waals surface area contributed by atoms with Gasteiger partial charge in [0.15, 0.2) is 0 Å². The summed E-state index contributed by atoms with van der Waals surface area (Å²) >= 11 is 1.40. The molecule has 3 N–H and O–H groups in total. The van der Waals surface area contributed by atoms with Crippen molar-refractivity contribution in [3.8, 4) is 16.3 Å². The molecule has 1 aliphatic rings.